The van der Waals surface area contributed by atoms with Gasteiger partial charge in [-0.05, 0) is 12.8 Å². The SMILES string of the molecule is C=CN1C(=O)C=CC1(CC)CC. The van der Waals surface area contributed by atoms with Gasteiger partial charge in [-0.1, -0.05) is 26.5 Å². The molecule has 2 nitrogen and oxygen atoms in total. The Morgan fingerprint density at radius 2 is 2.17 bits per heavy atom. The van der Waals surface area contributed by atoms with Crippen LogP contribution in [0.3, 0.4) is 0 Å². The third kappa shape index (κ3) is 1.07. The molecule has 0 aromatic carbocycles. The number of carbonyl (C=O) groups is 1. The molecule has 0 fully saturated rings. The quantitative estimate of drug-likeness (QED) is 0.627. The maximum absolute atomic E-state index is 11.3. The van der Waals surface area contributed by atoms with Crippen LogP contribution < -0.4 is 0 Å². The van der Waals surface area contributed by atoms with E-state index in [9.17, 15) is 4.79 Å². The van der Waals surface area contributed by atoms with E-state index in [0.29, 0.717) is 0 Å². The maximum Gasteiger partial charge on any atom is 0.251 e. The molecule has 1 aliphatic rings. The summed E-state index contributed by atoms with van der Waals surface area (Å²) in [5, 5.41) is 0. The zero-order valence-corrected chi connectivity index (χ0v) is 7.71. The Morgan fingerprint density at radius 1 is 1.58 bits per heavy atom. The van der Waals surface area contributed by atoms with Crippen LogP contribution in [-0.2, 0) is 4.79 Å². The van der Waals surface area contributed by atoms with Crippen molar-refractivity contribution < 1.29 is 4.79 Å². The van der Waals surface area contributed by atoms with Gasteiger partial charge in [0.05, 0.1) is 5.54 Å². The van der Waals surface area contributed by atoms with E-state index in [1.54, 1.807) is 17.2 Å². The average Bonchev–Trinajstić information content (AvgIpc) is 2.43. The van der Waals surface area contributed by atoms with Crippen molar-refractivity contribution >= 4 is 5.91 Å². The Hall–Kier alpha value is -1.05. The monoisotopic (exact) mass is 165 g/mol. The lowest BCUT2D eigenvalue weighted by Crippen LogP contribution is -2.41. The number of carbonyl (C=O) groups excluding carboxylic acids is 1. The summed E-state index contributed by atoms with van der Waals surface area (Å²) in [5.41, 5.74) is -0.0984. The zero-order valence-electron chi connectivity index (χ0n) is 7.71. The van der Waals surface area contributed by atoms with E-state index in [1.807, 2.05) is 6.08 Å². The Kier molecular flexibility index (Phi) is 2.36. The topological polar surface area (TPSA) is 20.3 Å². The molecular weight excluding hydrogens is 150 g/mol. The van der Waals surface area contributed by atoms with Crippen LogP contribution in [0.5, 0.6) is 0 Å². The molecule has 0 saturated heterocycles. The third-order valence-electron chi connectivity index (χ3n) is 2.66. The molecular formula is C10H15NO. The van der Waals surface area contributed by atoms with Gasteiger partial charge in [-0.3, -0.25) is 4.79 Å². The standard InChI is InChI=1S/C10H15NO/c1-4-10(5-2)8-7-9(12)11(10)6-3/h6-8H,3-5H2,1-2H3. The summed E-state index contributed by atoms with van der Waals surface area (Å²) < 4.78 is 0. The summed E-state index contributed by atoms with van der Waals surface area (Å²) in [5.74, 6) is 0.0497. The molecule has 0 saturated carbocycles. The van der Waals surface area contributed by atoms with Crippen LogP contribution in [0, 0.1) is 0 Å². The van der Waals surface area contributed by atoms with Crippen molar-refractivity contribution in [1.82, 2.24) is 4.90 Å². The van der Waals surface area contributed by atoms with Gasteiger partial charge in [0.25, 0.3) is 5.91 Å². The molecule has 66 valence electrons. The summed E-state index contributed by atoms with van der Waals surface area (Å²) in [6, 6.07) is 0. The summed E-state index contributed by atoms with van der Waals surface area (Å²) in [4.78, 5) is 13.0. The van der Waals surface area contributed by atoms with E-state index < -0.39 is 0 Å². The summed E-state index contributed by atoms with van der Waals surface area (Å²) in [7, 11) is 0. The molecule has 1 amide bonds. The first-order valence-corrected chi connectivity index (χ1v) is 4.35. The highest BCUT2D eigenvalue weighted by molar-refractivity contribution is 5.92. The highest BCUT2D eigenvalue weighted by Gasteiger charge is 2.36. The van der Waals surface area contributed by atoms with E-state index in [-0.39, 0.29) is 11.4 Å². The van der Waals surface area contributed by atoms with Gasteiger partial charge in [-0.15, -0.1) is 0 Å². The van der Waals surface area contributed by atoms with E-state index in [4.69, 9.17) is 0 Å². The van der Waals surface area contributed by atoms with Crippen LogP contribution in [0.4, 0.5) is 0 Å². The molecule has 0 radical (unpaired) electrons. The van der Waals surface area contributed by atoms with Crippen molar-refractivity contribution in [2.75, 3.05) is 0 Å². The lowest BCUT2D eigenvalue weighted by molar-refractivity contribution is -0.125. The largest absolute Gasteiger partial charge is 0.307 e. The van der Waals surface area contributed by atoms with E-state index in [2.05, 4.69) is 20.4 Å². The first kappa shape index (κ1) is 9.04. The molecule has 1 heterocycles. The predicted molar refractivity (Wildman–Crippen MR) is 49.5 cm³/mol. The van der Waals surface area contributed by atoms with Crippen molar-refractivity contribution in [3.8, 4) is 0 Å². The molecule has 12 heavy (non-hydrogen) atoms. The van der Waals surface area contributed by atoms with Gasteiger partial charge >= 0.3 is 0 Å². The molecule has 0 aromatic heterocycles. The second-order valence-corrected chi connectivity index (χ2v) is 3.03. The van der Waals surface area contributed by atoms with Gasteiger partial charge in [0.1, 0.15) is 0 Å². The van der Waals surface area contributed by atoms with E-state index >= 15 is 0 Å². The highest BCUT2D eigenvalue weighted by atomic mass is 16.2. The normalized spacial score (nSPS) is 20.2. The van der Waals surface area contributed by atoms with Crippen molar-refractivity contribution in [3.63, 3.8) is 0 Å². The average molecular weight is 165 g/mol. The predicted octanol–water partition coefficient (Wildman–Crippen LogP) is 2.09. The lowest BCUT2D eigenvalue weighted by atomic mass is 9.93. The second kappa shape index (κ2) is 3.13. The van der Waals surface area contributed by atoms with Crippen molar-refractivity contribution in [1.29, 1.82) is 0 Å². The Labute approximate surface area is 73.6 Å². The van der Waals surface area contributed by atoms with Gasteiger partial charge in [-0.25, -0.2) is 0 Å². The van der Waals surface area contributed by atoms with Crippen LogP contribution in [0.2, 0.25) is 0 Å². The fourth-order valence-corrected chi connectivity index (χ4v) is 1.70. The number of hydrogen-bond acceptors (Lipinski definition) is 1. The molecule has 0 unspecified atom stereocenters. The molecule has 0 atom stereocenters. The first-order chi connectivity index (χ1) is 5.70. The molecule has 0 aliphatic carbocycles. The first-order valence-electron chi connectivity index (χ1n) is 4.35. The van der Waals surface area contributed by atoms with Crippen molar-refractivity contribution in [3.05, 3.63) is 24.9 Å². The van der Waals surface area contributed by atoms with Crippen molar-refractivity contribution in [2.45, 2.75) is 32.2 Å². The molecule has 0 aromatic rings. The Bertz CT molecular complexity index is 226. The minimum absolute atomic E-state index is 0.0497. The van der Waals surface area contributed by atoms with E-state index in [1.165, 1.54) is 0 Å². The van der Waals surface area contributed by atoms with Crippen molar-refractivity contribution in [2.24, 2.45) is 0 Å². The maximum atomic E-state index is 11.3. The third-order valence-corrected chi connectivity index (χ3v) is 2.66. The van der Waals surface area contributed by atoms with Crippen LogP contribution >= 0.6 is 0 Å². The lowest BCUT2D eigenvalue weighted by Gasteiger charge is -2.33. The van der Waals surface area contributed by atoms with Crippen LogP contribution in [0.15, 0.2) is 24.9 Å². The smallest absolute Gasteiger partial charge is 0.251 e. The minimum atomic E-state index is -0.0984. The summed E-state index contributed by atoms with van der Waals surface area (Å²) in [6.45, 7) is 7.82. The molecule has 0 bridgehead atoms. The number of nitrogens with zero attached hydrogens (tertiary/aromatic N) is 1. The van der Waals surface area contributed by atoms with Gasteiger partial charge in [-0.2, -0.15) is 0 Å². The van der Waals surface area contributed by atoms with Gasteiger partial charge in [0.2, 0.25) is 0 Å². The van der Waals surface area contributed by atoms with Gasteiger partial charge in [0, 0.05) is 12.3 Å². The zero-order chi connectivity index (χ0) is 9.19. The van der Waals surface area contributed by atoms with E-state index in [0.717, 1.165) is 12.8 Å². The number of hydrogen-bond donors (Lipinski definition) is 0. The molecule has 1 aliphatic heterocycles. The number of amides is 1. The number of rotatable bonds is 3. The summed E-state index contributed by atoms with van der Waals surface area (Å²) in [6.07, 6.45) is 7.12. The molecule has 2 heteroatoms. The van der Waals surface area contributed by atoms with Crippen LogP contribution in [0.25, 0.3) is 0 Å². The van der Waals surface area contributed by atoms with Gasteiger partial charge in [0.15, 0.2) is 0 Å². The molecule has 0 spiro atoms. The minimum Gasteiger partial charge on any atom is -0.307 e. The highest BCUT2D eigenvalue weighted by Crippen LogP contribution is 2.30. The fourth-order valence-electron chi connectivity index (χ4n) is 1.70. The fraction of sp³-hybridized carbons (Fsp3) is 0.500. The van der Waals surface area contributed by atoms with Crippen LogP contribution in [0.1, 0.15) is 26.7 Å². The van der Waals surface area contributed by atoms with Gasteiger partial charge < -0.3 is 4.90 Å². The second-order valence-electron chi connectivity index (χ2n) is 3.03. The Balaban J connectivity index is 2.96. The molecule has 1 rings (SSSR count). The van der Waals surface area contributed by atoms with Crippen LogP contribution in [-0.4, -0.2) is 16.3 Å². The summed E-state index contributed by atoms with van der Waals surface area (Å²) >= 11 is 0. The Morgan fingerprint density at radius 3 is 2.50 bits per heavy atom. The molecule has 0 N–H and O–H groups in total.